The van der Waals surface area contributed by atoms with E-state index in [2.05, 4.69) is 19.9 Å². The summed E-state index contributed by atoms with van der Waals surface area (Å²) in [5.74, 6) is 0.337. The molecule has 0 aliphatic heterocycles. The van der Waals surface area contributed by atoms with Crippen LogP contribution in [0, 0.1) is 6.92 Å². The number of benzene rings is 1. The largest absolute Gasteiger partial charge is 0.267 e. The van der Waals surface area contributed by atoms with Crippen LogP contribution in [0.25, 0.3) is 11.0 Å². The number of hydrogen-bond donors (Lipinski definition) is 0. The van der Waals surface area contributed by atoms with Gasteiger partial charge in [-0.3, -0.25) is 4.31 Å². The van der Waals surface area contributed by atoms with Crippen molar-refractivity contribution in [1.29, 1.82) is 0 Å². The van der Waals surface area contributed by atoms with Crippen molar-refractivity contribution in [2.75, 3.05) is 11.4 Å². The number of aromatic nitrogens is 3. The Bertz CT molecular complexity index is 904. The number of nitrogens with zero attached hydrogens (tertiary/aromatic N) is 4. The Labute approximate surface area is 121 Å². The molecule has 3 aromatic rings. The third-order valence-corrected chi connectivity index (χ3v) is 4.88. The minimum atomic E-state index is -3.80. The molecule has 0 radical (unpaired) electrons. The fourth-order valence-corrected chi connectivity index (χ4v) is 3.24. The van der Waals surface area contributed by atoms with Crippen molar-refractivity contribution in [1.82, 2.24) is 15.3 Å². The van der Waals surface area contributed by atoms with Crippen LogP contribution >= 0.6 is 0 Å². The fraction of sp³-hybridized carbons (Fsp3) is 0.154. The van der Waals surface area contributed by atoms with E-state index in [-0.39, 0.29) is 10.4 Å². The van der Waals surface area contributed by atoms with Crippen LogP contribution in [0.4, 0.5) is 5.82 Å². The van der Waals surface area contributed by atoms with Gasteiger partial charge in [0.15, 0.2) is 5.52 Å². The molecule has 1 aromatic carbocycles. The average molecular weight is 304 g/mol. The second-order valence-electron chi connectivity index (χ2n) is 4.50. The van der Waals surface area contributed by atoms with Crippen molar-refractivity contribution in [2.45, 2.75) is 11.8 Å². The van der Waals surface area contributed by atoms with E-state index in [0.29, 0.717) is 11.3 Å². The van der Waals surface area contributed by atoms with Crippen LogP contribution in [0.2, 0.25) is 0 Å². The number of anilines is 1. The topological polar surface area (TPSA) is 89.2 Å². The highest BCUT2D eigenvalue weighted by molar-refractivity contribution is 7.93. The number of aryl methyl sites for hydroxylation is 1. The van der Waals surface area contributed by atoms with Crippen molar-refractivity contribution < 1.29 is 13.0 Å². The van der Waals surface area contributed by atoms with Gasteiger partial charge in [-0.15, -0.1) is 0 Å². The predicted molar refractivity (Wildman–Crippen MR) is 76.4 cm³/mol. The molecule has 0 fully saturated rings. The molecule has 2 aromatic heterocycles. The molecule has 3 rings (SSSR count). The molecule has 0 aliphatic carbocycles. The molecule has 21 heavy (non-hydrogen) atoms. The molecule has 2 heterocycles. The summed E-state index contributed by atoms with van der Waals surface area (Å²) >= 11 is 0. The van der Waals surface area contributed by atoms with Crippen molar-refractivity contribution in [3.8, 4) is 0 Å². The normalized spacial score (nSPS) is 11.7. The Hall–Kier alpha value is -2.48. The monoisotopic (exact) mass is 304 g/mol. The van der Waals surface area contributed by atoms with Gasteiger partial charge in [-0.1, -0.05) is 12.1 Å². The summed E-state index contributed by atoms with van der Waals surface area (Å²) in [7, 11) is -2.35. The zero-order chi connectivity index (χ0) is 15.0. The van der Waals surface area contributed by atoms with Gasteiger partial charge in [0, 0.05) is 12.7 Å². The Balaban J connectivity index is 2.14. The molecule has 7 nitrogen and oxygen atoms in total. The van der Waals surface area contributed by atoms with Crippen LogP contribution in [0.5, 0.6) is 0 Å². The molecule has 0 saturated heterocycles. The fourth-order valence-electron chi connectivity index (χ4n) is 1.96. The van der Waals surface area contributed by atoms with Crippen molar-refractivity contribution in [2.24, 2.45) is 0 Å². The molecular formula is C13H12N4O3S. The summed E-state index contributed by atoms with van der Waals surface area (Å²) in [6.45, 7) is 1.80. The van der Waals surface area contributed by atoms with Crippen LogP contribution in [0.1, 0.15) is 5.69 Å². The molecule has 0 aliphatic rings. The first kappa shape index (κ1) is 13.5. The summed E-state index contributed by atoms with van der Waals surface area (Å²) in [6.07, 6.45) is 0. The lowest BCUT2D eigenvalue weighted by Gasteiger charge is -2.18. The molecular weight excluding hydrogens is 292 g/mol. The SMILES string of the molecule is Cc1cccc(N(C)S(=O)(=O)c2cccc3nonc23)n1. The first-order chi connectivity index (χ1) is 10.00. The highest BCUT2D eigenvalue weighted by Crippen LogP contribution is 2.25. The van der Waals surface area contributed by atoms with Gasteiger partial charge in [-0.05, 0) is 41.5 Å². The first-order valence-corrected chi connectivity index (χ1v) is 7.58. The van der Waals surface area contributed by atoms with Crippen molar-refractivity contribution in [3.05, 3.63) is 42.1 Å². The van der Waals surface area contributed by atoms with E-state index in [4.69, 9.17) is 0 Å². The molecule has 0 N–H and O–H groups in total. The molecule has 0 atom stereocenters. The summed E-state index contributed by atoms with van der Waals surface area (Å²) < 4.78 is 31.2. The number of pyridine rings is 1. The lowest BCUT2D eigenvalue weighted by atomic mass is 10.3. The van der Waals surface area contributed by atoms with E-state index < -0.39 is 10.0 Å². The molecule has 8 heteroatoms. The molecule has 0 spiro atoms. The number of hydrogen-bond acceptors (Lipinski definition) is 6. The quantitative estimate of drug-likeness (QED) is 0.732. The van der Waals surface area contributed by atoms with Crippen LogP contribution in [0.3, 0.4) is 0 Å². The van der Waals surface area contributed by atoms with Gasteiger partial charge in [0.2, 0.25) is 0 Å². The smallest absolute Gasteiger partial charge is 0.253 e. The average Bonchev–Trinajstić information content (AvgIpc) is 2.94. The number of sulfonamides is 1. The zero-order valence-electron chi connectivity index (χ0n) is 11.4. The van der Waals surface area contributed by atoms with E-state index in [9.17, 15) is 8.42 Å². The third-order valence-electron chi connectivity index (χ3n) is 3.08. The van der Waals surface area contributed by atoms with E-state index in [1.807, 2.05) is 0 Å². The second-order valence-corrected chi connectivity index (χ2v) is 6.44. The van der Waals surface area contributed by atoms with Gasteiger partial charge in [-0.25, -0.2) is 18.0 Å². The molecule has 0 saturated carbocycles. The van der Waals surface area contributed by atoms with E-state index in [0.717, 1.165) is 10.00 Å². The molecule has 0 bridgehead atoms. The second kappa shape index (κ2) is 4.81. The van der Waals surface area contributed by atoms with Crippen LogP contribution in [0.15, 0.2) is 45.9 Å². The molecule has 0 unspecified atom stereocenters. The Morgan fingerprint density at radius 3 is 2.62 bits per heavy atom. The number of fused-ring (bicyclic) bond motifs is 1. The van der Waals surface area contributed by atoms with Gasteiger partial charge in [0.25, 0.3) is 10.0 Å². The van der Waals surface area contributed by atoms with Crippen LogP contribution in [-0.2, 0) is 10.0 Å². The zero-order valence-corrected chi connectivity index (χ0v) is 12.2. The third kappa shape index (κ3) is 2.23. The highest BCUT2D eigenvalue weighted by Gasteiger charge is 2.26. The van der Waals surface area contributed by atoms with Gasteiger partial charge < -0.3 is 0 Å². The van der Waals surface area contributed by atoms with Gasteiger partial charge in [0.05, 0.1) is 0 Å². The lowest BCUT2D eigenvalue weighted by molar-refractivity contribution is 0.315. The van der Waals surface area contributed by atoms with Crippen LogP contribution < -0.4 is 4.31 Å². The van der Waals surface area contributed by atoms with Gasteiger partial charge in [-0.2, -0.15) is 0 Å². The van der Waals surface area contributed by atoms with E-state index in [1.54, 1.807) is 37.3 Å². The van der Waals surface area contributed by atoms with Crippen molar-refractivity contribution in [3.63, 3.8) is 0 Å². The van der Waals surface area contributed by atoms with Crippen molar-refractivity contribution >= 4 is 26.9 Å². The molecule has 0 amide bonds. The van der Waals surface area contributed by atoms with Crippen LogP contribution in [-0.4, -0.2) is 30.8 Å². The first-order valence-electron chi connectivity index (χ1n) is 6.14. The summed E-state index contributed by atoms with van der Waals surface area (Å²) in [4.78, 5) is 4.25. The highest BCUT2D eigenvalue weighted by atomic mass is 32.2. The standard InChI is InChI=1S/C13H12N4O3S/c1-9-5-3-8-12(14-9)17(2)21(18,19)11-7-4-6-10-13(11)16-20-15-10/h3-8H,1-2H3. The maximum Gasteiger partial charge on any atom is 0.267 e. The summed E-state index contributed by atoms with van der Waals surface area (Å²) in [6, 6.07) is 9.88. The summed E-state index contributed by atoms with van der Waals surface area (Å²) in [5.41, 5.74) is 1.33. The van der Waals surface area contributed by atoms with E-state index in [1.165, 1.54) is 13.1 Å². The Kier molecular flexibility index (Phi) is 3.09. The number of rotatable bonds is 3. The summed E-state index contributed by atoms with van der Waals surface area (Å²) in [5, 5.41) is 7.32. The predicted octanol–water partition coefficient (Wildman–Crippen LogP) is 1.75. The maximum atomic E-state index is 12.7. The van der Waals surface area contributed by atoms with Gasteiger partial charge in [0.1, 0.15) is 16.2 Å². The Morgan fingerprint density at radius 2 is 1.86 bits per heavy atom. The Morgan fingerprint density at radius 1 is 1.10 bits per heavy atom. The lowest BCUT2D eigenvalue weighted by Crippen LogP contribution is -2.27. The molecule has 108 valence electrons. The van der Waals surface area contributed by atoms with E-state index >= 15 is 0 Å². The minimum absolute atomic E-state index is 0.0343. The van der Waals surface area contributed by atoms with Gasteiger partial charge >= 0.3 is 0 Å². The minimum Gasteiger partial charge on any atom is -0.253 e. The maximum absolute atomic E-state index is 12.7.